The third-order valence-corrected chi connectivity index (χ3v) is 2.02. The highest BCUT2D eigenvalue weighted by Gasteiger charge is 2.04. The summed E-state index contributed by atoms with van der Waals surface area (Å²) in [6, 6.07) is 4.70. The van der Waals surface area contributed by atoms with Crippen molar-refractivity contribution in [3.8, 4) is 0 Å². The molecule has 0 saturated carbocycles. The van der Waals surface area contributed by atoms with Gasteiger partial charge in [-0.1, -0.05) is 23.2 Å². The topological polar surface area (TPSA) is 91.0 Å². The number of amides is 1. The van der Waals surface area contributed by atoms with E-state index >= 15 is 0 Å². The molecule has 86 valence electrons. The van der Waals surface area contributed by atoms with Gasteiger partial charge in [-0.25, -0.2) is 0 Å². The highest BCUT2D eigenvalue weighted by molar-refractivity contribution is 6.35. The minimum absolute atomic E-state index is 0.0839. The van der Waals surface area contributed by atoms with E-state index in [9.17, 15) is 4.79 Å². The lowest BCUT2D eigenvalue weighted by molar-refractivity contribution is -0.115. The van der Waals surface area contributed by atoms with Crippen LogP contribution in [0.15, 0.2) is 18.2 Å². The number of carbonyl (C=O) groups is 1. The van der Waals surface area contributed by atoms with Crippen LogP contribution in [0.1, 0.15) is 0 Å². The van der Waals surface area contributed by atoms with Crippen molar-refractivity contribution in [2.75, 3.05) is 11.9 Å². The second-order valence-corrected chi connectivity index (χ2v) is 3.85. The van der Waals surface area contributed by atoms with Gasteiger partial charge in [0.2, 0.25) is 5.91 Å². The predicted octanol–water partition coefficient (Wildman–Crippen LogP) is 1.41. The van der Waals surface area contributed by atoms with Crippen LogP contribution in [0.3, 0.4) is 0 Å². The summed E-state index contributed by atoms with van der Waals surface area (Å²) in [7, 11) is 0. The van der Waals surface area contributed by atoms with E-state index in [-0.39, 0.29) is 18.4 Å². The van der Waals surface area contributed by atoms with Gasteiger partial charge in [0.25, 0.3) is 0 Å². The first kappa shape index (κ1) is 12.6. The molecule has 0 unspecified atom stereocenters. The highest BCUT2D eigenvalue weighted by atomic mass is 35.5. The first-order valence-corrected chi connectivity index (χ1v) is 5.07. The minimum atomic E-state index is -0.339. The normalized spacial score (nSPS) is 9.62. The number of guanidine groups is 1. The van der Waals surface area contributed by atoms with E-state index in [4.69, 9.17) is 34.3 Å². The zero-order chi connectivity index (χ0) is 12.1. The number of carbonyl (C=O) groups excluding carboxylic acids is 1. The summed E-state index contributed by atoms with van der Waals surface area (Å²) in [6.07, 6.45) is 0. The van der Waals surface area contributed by atoms with Crippen molar-refractivity contribution >= 4 is 40.8 Å². The zero-order valence-corrected chi connectivity index (χ0v) is 9.69. The Morgan fingerprint density at radius 1 is 1.31 bits per heavy atom. The molecule has 0 radical (unpaired) electrons. The standard InChI is InChI=1S/C9H10Cl2N4O/c10-5-1-6(11)3-7(2-5)15-8(16)4-14-9(12)13/h1-3H,4H2,(H,15,16)(H4,12,13,14). The van der Waals surface area contributed by atoms with Gasteiger partial charge in [-0.15, -0.1) is 0 Å². The molecule has 0 atom stereocenters. The van der Waals surface area contributed by atoms with Crippen LogP contribution >= 0.6 is 23.2 Å². The Kier molecular flexibility index (Phi) is 4.39. The number of hydrogen-bond acceptors (Lipinski definition) is 2. The largest absolute Gasteiger partial charge is 0.370 e. The van der Waals surface area contributed by atoms with Crippen LogP contribution in [0, 0.1) is 5.41 Å². The maximum Gasteiger partial charge on any atom is 0.243 e. The van der Waals surface area contributed by atoms with Crippen LogP contribution < -0.4 is 16.4 Å². The number of anilines is 1. The Morgan fingerprint density at radius 3 is 2.38 bits per heavy atom. The van der Waals surface area contributed by atoms with E-state index in [1.165, 1.54) is 0 Å². The van der Waals surface area contributed by atoms with Gasteiger partial charge in [0.15, 0.2) is 5.96 Å². The summed E-state index contributed by atoms with van der Waals surface area (Å²) in [5, 5.41) is 12.7. The van der Waals surface area contributed by atoms with Crippen LogP contribution in [0.4, 0.5) is 5.69 Å². The van der Waals surface area contributed by atoms with Crippen LogP contribution in [-0.4, -0.2) is 18.4 Å². The predicted molar refractivity (Wildman–Crippen MR) is 65.0 cm³/mol. The molecule has 0 bridgehead atoms. The molecule has 0 aromatic heterocycles. The van der Waals surface area contributed by atoms with Crippen molar-refractivity contribution < 1.29 is 4.79 Å². The number of benzene rings is 1. The van der Waals surface area contributed by atoms with E-state index in [1.54, 1.807) is 18.2 Å². The lowest BCUT2D eigenvalue weighted by Gasteiger charge is -2.07. The van der Waals surface area contributed by atoms with E-state index in [1.807, 2.05) is 0 Å². The van der Waals surface area contributed by atoms with Crippen molar-refractivity contribution in [1.29, 1.82) is 5.41 Å². The van der Waals surface area contributed by atoms with Crippen molar-refractivity contribution in [3.63, 3.8) is 0 Å². The first-order chi connectivity index (χ1) is 7.47. The zero-order valence-electron chi connectivity index (χ0n) is 8.18. The van der Waals surface area contributed by atoms with E-state index in [0.717, 1.165) is 0 Å². The van der Waals surface area contributed by atoms with Gasteiger partial charge in [0.1, 0.15) is 0 Å². The lowest BCUT2D eigenvalue weighted by atomic mass is 10.3. The first-order valence-electron chi connectivity index (χ1n) is 4.31. The molecule has 0 aliphatic carbocycles. The van der Waals surface area contributed by atoms with E-state index in [2.05, 4.69) is 10.6 Å². The molecule has 0 heterocycles. The fraction of sp³-hybridized carbons (Fsp3) is 0.111. The Labute approximate surface area is 102 Å². The molecule has 1 rings (SSSR count). The molecule has 16 heavy (non-hydrogen) atoms. The average molecular weight is 261 g/mol. The molecule has 1 aromatic rings. The molecule has 7 heteroatoms. The summed E-state index contributed by atoms with van der Waals surface area (Å²) in [6.45, 7) is -0.0839. The van der Waals surface area contributed by atoms with Crippen molar-refractivity contribution in [2.45, 2.75) is 0 Å². The Bertz CT molecular complexity index is 402. The van der Waals surface area contributed by atoms with Crippen molar-refractivity contribution in [2.24, 2.45) is 5.73 Å². The van der Waals surface area contributed by atoms with Crippen LogP contribution in [0.5, 0.6) is 0 Å². The number of rotatable bonds is 3. The summed E-state index contributed by atoms with van der Waals surface area (Å²) in [5.41, 5.74) is 5.53. The van der Waals surface area contributed by atoms with Gasteiger partial charge in [-0.05, 0) is 18.2 Å². The smallest absolute Gasteiger partial charge is 0.243 e. The fourth-order valence-corrected chi connectivity index (χ4v) is 1.53. The van der Waals surface area contributed by atoms with Gasteiger partial charge in [0.05, 0.1) is 6.54 Å². The van der Waals surface area contributed by atoms with Gasteiger partial charge in [0, 0.05) is 15.7 Å². The summed E-state index contributed by atoms with van der Waals surface area (Å²) in [5.74, 6) is -0.604. The maximum atomic E-state index is 11.3. The molecule has 1 aromatic carbocycles. The van der Waals surface area contributed by atoms with Crippen LogP contribution in [0.2, 0.25) is 10.0 Å². The second-order valence-electron chi connectivity index (χ2n) is 2.97. The molecule has 0 spiro atoms. The molecule has 5 N–H and O–H groups in total. The average Bonchev–Trinajstić information content (AvgIpc) is 2.12. The molecule has 1 amide bonds. The molecule has 0 saturated heterocycles. The molecular weight excluding hydrogens is 251 g/mol. The van der Waals surface area contributed by atoms with Crippen molar-refractivity contribution in [1.82, 2.24) is 5.32 Å². The molecule has 0 fully saturated rings. The highest BCUT2D eigenvalue weighted by Crippen LogP contribution is 2.22. The Morgan fingerprint density at radius 2 is 1.88 bits per heavy atom. The Balaban J connectivity index is 2.59. The fourth-order valence-electron chi connectivity index (χ4n) is 1.01. The van der Waals surface area contributed by atoms with Gasteiger partial charge >= 0.3 is 0 Å². The van der Waals surface area contributed by atoms with Crippen LogP contribution in [-0.2, 0) is 4.79 Å². The molecule has 0 aliphatic rings. The third kappa shape index (κ3) is 4.37. The third-order valence-electron chi connectivity index (χ3n) is 1.59. The lowest BCUT2D eigenvalue weighted by Crippen LogP contribution is -2.36. The maximum absolute atomic E-state index is 11.3. The van der Waals surface area contributed by atoms with E-state index in [0.29, 0.717) is 15.7 Å². The van der Waals surface area contributed by atoms with Crippen LogP contribution in [0.25, 0.3) is 0 Å². The van der Waals surface area contributed by atoms with E-state index < -0.39 is 0 Å². The van der Waals surface area contributed by atoms with Crippen molar-refractivity contribution in [3.05, 3.63) is 28.2 Å². The summed E-state index contributed by atoms with van der Waals surface area (Å²) < 4.78 is 0. The molecule has 5 nitrogen and oxygen atoms in total. The SMILES string of the molecule is N=C(N)NCC(=O)Nc1cc(Cl)cc(Cl)c1. The number of hydrogen-bond donors (Lipinski definition) is 4. The quantitative estimate of drug-likeness (QED) is 0.489. The summed E-state index contributed by atoms with van der Waals surface area (Å²) in [4.78, 5) is 11.3. The summed E-state index contributed by atoms with van der Waals surface area (Å²) >= 11 is 11.5. The molecule has 0 aliphatic heterocycles. The number of nitrogens with two attached hydrogens (primary N) is 1. The molecular formula is C9H10Cl2N4O. The van der Waals surface area contributed by atoms with Gasteiger partial charge in [-0.2, -0.15) is 0 Å². The Hall–Kier alpha value is -1.46. The number of halogens is 2. The number of nitrogens with one attached hydrogen (secondary N) is 3. The minimum Gasteiger partial charge on any atom is -0.370 e. The van der Waals surface area contributed by atoms with Gasteiger partial charge < -0.3 is 16.4 Å². The second kappa shape index (κ2) is 5.58. The monoisotopic (exact) mass is 260 g/mol. The van der Waals surface area contributed by atoms with Gasteiger partial charge in [-0.3, -0.25) is 10.2 Å².